The minimum atomic E-state index is -0.100. The zero-order chi connectivity index (χ0) is 13.3. The molecule has 3 nitrogen and oxygen atoms in total. The van der Waals surface area contributed by atoms with Crippen LogP contribution in [0.3, 0.4) is 0 Å². The maximum absolute atomic E-state index is 6.69. The largest absolute Gasteiger partial charge is 0.324 e. The predicted molar refractivity (Wildman–Crippen MR) is 75.8 cm³/mol. The summed E-state index contributed by atoms with van der Waals surface area (Å²) in [6.07, 6.45) is 6.91. The summed E-state index contributed by atoms with van der Waals surface area (Å²) in [5.41, 5.74) is 8.59. The van der Waals surface area contributed by atoms with E-state index in [0.717, 1.165) is 35.7 Å². The molecular weight excluding hydrogens is 246 g/mol. The number of halogens is 1. The summed E-state index contributed by atoms with van der Waals surface area (Å²) in [7, 11) is 1.96. The van der Waals surface area contributed by atoms with Crippen molar-refractivity contribution in [1.29, 1.82) is 0 Å². The smallest absolute Gasteiger partial charge is 0.0847 e. The molecule has 1 heterocycles. The molecule has 1 aromatic heterocycles. The van der Waals surface area contributed by atoms with Crippen LogP contribution in [0.4, 0.5) is 0 Å². The van der Waals surface area contributed by atoms with Gasteiger partial charge in [0, 0.05) is 19.0 Å². The predicted octanol–water partition coefficient (Wildman–Crippen LogP) is 3.22. The van der Waals surface area contributed by atoms with E-state index in [-0.39, 0.29) is 5.54 Å². The van der Waals surface area contributed by atoms with Crippen LogP contribution in [0.1, 0.15) is 50.4 Å². The van der Waals surface area contributed by atoms with E-state index in [1.165, 1.54) is 19.3 Å². The first-order valence-corrected chi connectivity index (χ1v) is 7.32. The van der Waals surface area contributed by atoms with E-state index in [2.05, 4.69) is 12.0 Å². The second-order valence-corrected chi connectivity index (χ2v) is 6.11. The fraction of sp³-hybridized carbons (Fsp3) is 0.786. The number of aromatic nitrogens is 2. The Morgan fingerprint density at radius 1 is 1.50 bits per heavy atom. The first-order valence-electron chi connectivity index (χ1n) is 6.95. The molecule has 1 aliphatic carbocycles. The van der Waals surface area contributed by atoms with Crippen LogP contribution in [-0.4, -0.2) is 15.3 Å². The minimum Gasteiger partial charge on any atom is -0.324 e. The lowest BCUT2D eigenvalue weighted by Gasteiger charge is -2.41. The van der Waals surface area contributed by atoms with Crippen LogP contribution in [0.25, 0.3) is 0 Å². The monoisotopic (exact) mass is 269 g/mol. The second-order valence-electron chi connectivity index (χ2n) is 5.73. The molecule has 2 rings (SSSR count). The highest BCUT2D eigenvalue weighted by atomic mass is 35.5. The average Bonchev–Trinajstić information content (AvgIpc) is 2.56. The van der Waals surface area contributed by atoms with Gasteiger partial charge in [-0.25, -0.2) is 0 Å². The van der Waals surface area contributed by atoms with Crippen LogP contribution >= 0.6 is 11.6 Å². The highest BCUT2D eigenvalue weighted by Gasteiger charge is 2.37. The van der Waals surface area contributed by atoms with Gasteiger partial charge < -0.3 is 5.73 Å². The zero-order valence-electron chi connectivity index (χ0n) is 11.7. The summed E-state index contributed by atoms with van der Waals surface area (Å²) >= 11 is 6.35. The van der Waals surface area contributed by atoms with E-state index in [1.807, 2.05) is 18.7 Å². The molecule has 0 radical (unpaired) electrons. The molecule has 0 spiro atoms. The Kier molecular flexibility index (Phi) is 4.02. The van der Waals surface area contributed by atoms with Crippen LogP contribution in [0.2, 0.25) is 5.02 Å². The third kappa shape index (κ3) is 2.43. The molecule has 1 saturated carbocycles. The molecule has 2 N–H and O–H groups in total. The van der Waals surface area contributed by atoms with Crippen molar-refractivity contribution in [1.82, 2.24) is 9.78 Å². The first-order chi connectivity index (χ1) is 8.48. The van der Waals surface area contributed by atoms with Gasteiger partial charge in [-0.2, -0.15) is 5.10 Å². The third-order valence-corrected chi connectivity index (χ3v) is 5.00. The summed E-state index contributed by atoms with van der Waals surface area (Å²) in [5, 5.41) is 5.18. The summed E-state index contributed by atoms with van der Waals surface area (Å²) in [4.78, 5) is 0. The molecule has 1 aliphatic rings. The molecule has 2 unspecified atom stereocenters. The molecule has 0 saturated heterocycles. The highest BCUT2D eigenvalue weighted by Crippen LogP contribution is 2.37. The molecule has 4 heteroatoms. The van der Waals surface area contributed by atoms with Crippen molar-refractivity contribution in [3.05, 3.63) is 16.4 Å². The number of hydrogen-bond donors (Lipinski definition) is 1. The number of rotatable bonds is 3. The number of nitrogens with two attached hydrogens (primary N) is 1. The van der Waals surface area contributed by atoms with Crippen molar-refractivity contribution < 1.29 is 0 Å². The van der Waals surface area contributed by atoms with Crippen LogP contribution in [0.5, 0.6) is 0 Å². The lowest BCUT2D eigenvalue weighted by Crippen LogP contribution is -2.51. The fourth-order valence-electron chi connectivity index (χ4n) is 3.36. The Bertz CT molecular complexity index is 427. The summed E-state index contributed by atoms with van der Waals surface area (Å²) in [6, 6.07) is 0. The van der Waals surface area contributed by atoms with Crippen molar-refractivity contribution in [2.75, 3.05) is 0 Å². The quantitative estimate of drug-likeness (QED) is 0.916. The van der Waals surface area contributed by atoms with Gasteiger partial charge in [-0.1, -0.05) is 37.8 Å². The Hall–Kier alpha value is -0.540. The van der Waals surface area contributed by atoms with Gasteiger partial charge in [-0.3, -0.25) is 4.68 Å². The number of aryl methyl sites for hydroxylation is 2. The first kappa shape index (κ1) is 13.9. The van der Waals surface area contributed by atoms with Gasteiger partial charge in [0.15, 0.2) is 0 Å². The Labute approximate surface area is 115 Å². The summed E-state index contributed by atoms with van der Waals surface area (Å²) in [6.45, 7) is 4.20. The SMILES string of the molecule is CCC1CCCCC1(N)Cc1c(Cl)c(C)nn1C. The molecule has 0 aliphatic heterocycles. The normalized spacial score (nSPS) is 28.6. The standard InChI is InChI=1S/C14H24ClN3/c1-4-11-7-5-6-8-14(11,16)9-12-13(15)10(2)17-18(12)3/h11H,4-9,16H2,1-3H3. The molecule has 1 aromatic rings. The maximum atomic E-state index is 6.69. The molecule has 0 aromatic carbocycles. The maximum Gasteiger partial charge on any atom is 0.0847 e. The average molecular weight is 270 g/mol. The Balaban J connectivity index is 2.25. The molecule has 0 amide bonds. The Morgan fingerprint density at radius 2 is 2.22 bits per heavy atom. The van der Waals surface area contributed by atoms with E-state index in [0.29, 0.717) is 5.92 Å². The molecule has 2 atom stereocenters. The fourth-order valence-corrected chi connectivity index (χ4v) is 3.59. The number of hydrogen-bond acceptors (Lipinski definition) is 2. The summed E-state index contributed by atoms with van der Waals surface area (Å²) < 4.78 is 1.90. The van der Waals surface area contributed by atoms with Crippen LogP contribution in [0, 0.1) is 12.8 Å². The van der Waals surface area contributed by atoms with Gasteiger partial charge in [0.1, 0.15) is 0 Å². The van der Waals surface area contributed by atoms with E-state index in [1.54, 1.807) is 0 Å². The molecule has 18 heavy (non-hydrogen) atoms. The zero-order valence-corrected chi connectivity index (χ0v) is 12.4. The van der Waals surface area contributed by atoms with Crippen molar-refractivity contribution in [2.24, 2.45) is 18.7 Å². The van der Waals surface area contributed by atoms with Crippen molar-refractivity contribution in [3.63, 3.8) is 0 Å². The van der Waals surface area contributed by atoms with Crippen molar-refractivity contribution in [2.45, 2.75) is 57.9 Å². The van der Waals surface area contributed by atoms with Gasteiger partial charge in [-0.05, 0) is 25.7 Å². The number of nitrogens with zero attached hydrogens (tertiary/aromatic N) is 2. The van der Waals surface area contributed by atoms with E-state index in [9.17, 15) is 0 Å². The van der Waals surface area contributed by atoms with E-state index in [4.69, 9.17) is 17.3 Å². The van der Waals surface area contributed by atoms with Crippen LogP contribution in [-0.2, 0) is 13.5 Å². The van der Waals surface area contributed by atoms with Gasteiger partial charge in [-0.15, -0.1) is 0 Å². The van der Waals surface area contributed by atoms with Crippen LogP contribution < -0.4 is 5.73 Å². The van der Waals surface area contributed by atoms with Crippen molar-refractivity contribution in [3.8, 4) is 0 Å². The second kappa shape index (κ2) is 5.22. The van der Waals surface area contributed by atoms with E-state index >= 15 is 0 Å². The van der Waals surface area contributed by atoms with Crippen molar-refractivity contribution >= 4 is 11.6 Å². The van der Waals surface area contributed by atoms with Gasteiger partial charge >= 0.3 is 0 Å². The highest BCUT2D eigenvalue weighted by molar-refractivity contribution is 6.31. The lowest BCUT2D eigenvalue weighted by molar-refractivity contribution is 0.179. The van der Waals surface area contributed by atoms with Gasteiger partial charge in [0.05, 0.1) is 16.4 Å². The van der Waals surface area contributed by atoms with Gasteiger partial charge in [0.2, 0.25) is 0 Å². The molecule has 102 valence electrons. The lowest BCUT2D eigenvalue weighted by atomic mass is 9.70. The van der Waals surface area contributed by atoms with E-state index < -0.39 is 0 Å². The molecular formula is C14H24ClN3. The minimum absolute atomic E-state index is 0.100. The third-order valence-electron chi connectivity index (χ3n) is 4.51. The van der Waals surface area contributed by atoms with Crippen LogP contribution in [0.15, 0.2) is 0 Å². The molecule has 1 fully saturated rings. The summed E-state index contributed by atoms with van der Waals surface area (Å²) in [5.74, 6) is 0.609. The van der Waals surface area contributed by atoms with Gasteiger partial charge in [0.25, 0.3) is 0 Å². The Morgan fingerprint density at radius 3 is 2.78 bits per heavy atom. The topological polar surface area (TPSA) is 43.8 Å². The molecule has 0 bridgehead atoms.